The van der Waals surface area contributed by atoms with Crippen LogP contribution in [0.4, 0.5) is 0 Å². The largest absolute Gasteiger partial charge is 0.490 e. The number of nitrogens with two attached hydrogens (primary N) is 1. The first-order valence-corrected chi connectivity index (χ1v) is 8.72. The fourth-order valence-corrected chi connectivity index (χ4v) is 3.20. The highest BCUT2D eigenvalue weighted by molar-refractivity contribution is 7.99. The van der Waals surface area contributed by atoms with Crippen LogP contribution in [0.1, 0.15) is 12.5 Å². The standard InChI is InChI=1S/C16H18Cl2N2OS/c1-2-11-5-14(8-20-7-11)21-9-13(19)10-22-16-4-3-12(17)6-15(16)18/h3-8,13H,2,9-10,19H2,1H3/t13-/m1/s1. The van der Waals surface area contributed by atoms with Crippen molar-refractivity contribution in [1.29, 1.82) is 0 Å². The number of rotatable bonds is 7. The molecule has 22 heavy (non-hydrogen) atoms. The van der Waals surface area contributed by atoms with E-state index in [1.807, 2.05) is 24.4 Å². The molecular weight excluding hydrogens is 339 g/mol. The number of aromatic nitrogens is 1. The van der Waals surface area contributed by atoms with Crippen LogP contribution in [0, 0.1) is 0 Å². The summed E-state index contributed by atoms with van der Waals surface area (Å²) in [7, 11) is 0. The van der Waals surface area contributed by atoms with Crippen LogP contribution in [0.3, 0.4) is 0 Å². The molecule has 0 unspecified atom stereocenters. The molecule has 1 heterocycles. The molecule has 0 amide bonds. The lowest BCUT2D eigenvalue weighted by atomic mass is 10.2. The summed E-state index contributed by atoms with van der Waals surface area (Å²) in [6.07, 6.45) is 4.47. The topological polar surface area (TPSA) is 48.1 Å². The number of aryl methyl sites for hydroxylation is 1. The summed E-state index contributed by atoms with van der Waals surface area (Å²) < 4.78 is 5.69. The summed E-state index contributed by atoms with van der Waals surface area (Å²) in [6.45, 7) is 2.52. The Kier molecular flexibility index (Phi) is 6.83. The zero-order valence-electron chi connectivity index (χ0n) is 12.3. The Labute approximate surface area is 145 Å². The predicted octanol–water partition coefficient (Wildman–Crippen LogP) is 4.45. The van der Waals surface area contributed by atoms with Crippen molar-refractivity contribution in [3.63, 3.8) is 0 Å². The van der Waals surface area contributed by atoms with E-state index in [0.717, 1.165) is 22.6 Å². The van der Waals surface area contributed by atoms with Crippen LogP contribution in [0.25, 0.3) is 0 Å². The maximum Gasteiger partial charge on any atom is 0.137 e. The molecule has 118 valence electrons. The van der Waals surface area contributed by atoms with Crippen molar-refractivity contribution in [3.05, 3.63) is 52.3 Å². The number of benzene rings is 1. The summed E-state index contributed by atoms with van der Waals surface area (Å²) >= 11 is 13.6. The van der Waals surface area contributed by atoms with Gasteiger partial charge in [-0.25, -0.2) is 0 Å². The molecular formula is C16H18Cl2N2OS. The van der Waals surface area contributed by atoms with Gasteiger partial charge in [-0.15, -0.1) is 11.8 Å². The van der Waals surface area contributed by atoms with Gasteiger partial charge in [-0.3, -0.25) is 4.98 Å². The van der Waals surface area contributed by atoms with Crippen LogP contribution in [-0.4, -0.2) is 23.4 Å². The summed E-state index contributed by atoms with van der Waals surface area (Å²) in [5.74, 6) is 1.46. The molecule has 0 spiro atoms. The van der Waals surface area contributed by atoms with Gasteiger partial charge in [0.15, 0.2) is 0 Å². The number of hydrogen-bond acceptors (Lipinski definition) is 4. The van der Waals surface area contributed by atoms with Gasteiger partial charge in [0.25, 0.3) is 0 Å². The minimum absolute atomic E-state index is 0.0953. The number of halogens is 2. The smallest absolute Gasteiger partial charge is 0.137 e. The Hall–Kier alpha value is -0.940. The van der Waals surface area contributed by atoms with E-state index in [2.05, 4.69) is 11.9 Å². The fourth-order valence-electron chi connectivity index (χ4n) is 1.78. The molecule has 3 nitrogen and oxygen atoms in total. The van der Waals surface area contributed by atoms with Crippen LogP contribution < -0.4 is 10.5 Å². The number of thioether (sulfide) groups is 1. The number of hydrogen-bond donors (Lipinski definition) is 1. The van der Waals surface area contributed by atoms with Gasteiger partial charge in [-0.1, -0.05) is 30.1 Å². The van der Waals surface area contributed by atoms with E-state index in [0.29, 0.717) is 22.4 Å². The van der Waals surface area contributed by atoms with Gasteiger partial charge in [0.05, 0.1) is 11.2 Å². The van der Waals surface area contributed by atoms with E-state index in [4.69, 9.17) is 33.7 Å². The summed E-state index contributed by atoms with van der Waals surface area (Å²) in [5, 5.41) is 1.27. The van der Waals surface area contributed by atoms with E-state index in [1.54, 1.807) is 24.0 Å². The quantitative estimate of drug-likeness (QED) is 0.744. The van der Waals surface area contributed by atoms with Gasteiger partial charge in [-0.2, -0.15) is 0 Å². The first kappa shape index (κ1) is 17.4. The Morgan fingerprint density at radius 1 is 1.27 bits per heavy atom. The molecule has 0 saturated carbocycles. The van der Waals surface area contributed by atoms with Gasteiger partial charge < -0.3 is 10.5 Å². The Balaban J connectivity index is 1.81. The average molecular weight is 357 g/mol. The van der Waals surface area contributed by atoms with Crippen LogP contribution in [0.15, 0.2) is 41.6 Å². The van der Waals surface area contributed by atoms with Gasteiger partial charge >= 0.3 is 0 Å². The minimum atomic E-state index is -0.0953. The van der Waals surface area contributed by atoms with E-state index in [-0.39, 0.29) is 6.04 Å². The monoisotopic (exact) mass is 356 g/mol. The molecule has 0 aliphatic heterocycles. The Bertz CT molecular complexity index is 625. The van der Waals surface area contributed by atoms with Crippen LogP contribution in [-0.2, 0) is 6.42 Å². The molecule has 0 radical (unpaired) electrons. The Morgan fingerprint density at radius 2 is 2.09 bits per heavy atom. The van der Waals surface area contributed by atoms with E-state index in [1.165, 1.54) is 0 Å². The van der Waals surface area contributed by atoms with E-state index in [9.17, 15) is 0 Å². The number of nitrogens with zero attached hydrogens (tertiary/aromatic N) is 1. The molecule has 0 aliphatic rings. The van der Waals surface area contributed by atoms with Crippen molar-refractivity contribution in [3.8, 4) is 5.75 Å². The molecule has 0 bridgehead atoms. The predicted molar refractivity (Wildman–Crippen MR) is 94.3 cm³/mol. The van der Waals surface area contributed by atoms with Crippen LogP contribution >= 0.6 is 35.0 Å². The maximum atomic E-state index is 6.13. The molecule has 2 aromatic rings. The Morgan fingerprint density at radius 3 is 2.82 bits per heavy atom. The fraction of sp³-hybridized carbons (Fsp3) is 0.312. The van der Waals surface area contributed by atoms with E-state index < -0.39 is 0 Å². The third kappa shape index (κ3) is 5.36. The maximum absolute atomic E-state index is 6.13. The van der Waals surface area contributed by atoms with Crippen molar-refractivity contribution in [2.45, 2.75) is 24.3 Å². The highest BCUT2D eigenvalue weighted by Gasteiger charge is 2.08. The first-order valence-electron chi connectivity index (χ1n) is 6.98. The number of pyridine rings is 1. The second kappa shape index (κ2) is 8.63. The molecule has 2 N–H and O–H groups in total. The van der Waals surface area contributed by atoms with Crippen LogP contribution in [0.5, 0.6) is 5.75 Å². The minimum Gasteiger partial charge on any atom is -0.490 e. The molecule has 1 aromatic heterocycles. The molecule has 2 rings (SSSR count). The third-order valence-electron chi connectivity index (χ3n) is 2.99. The molecule has 1 atom stereocenters. The van der Waals surface area contributed by atoms with Crippen LogP contribution in [0.2, 0.25) is 10.0 Å². The number of ether oxygens (including phenoxy) is 1. The zero-order valence-corrected chi connectivity index (χ0v) is 14.6. The third-order valence-corrected chi connectivity index (χ3v) is 4.91. The summed E-state index contributed by atoms with van der Waals surface area (Å²) in [6, 6.07) is 7.34. The van der Waals surface area contributed by atoms with Gasteiger partial charge in [0.1, 0.15) is 12.4 Å². The highest BCUT2D eigenvalue weighted by atomic mass is 35.5. The summed E-state index contributed by atoms with van der Waals surface area (Å²) in [5.41, 5.74) is 7.23. The molecule has 6 heteroatoms. The van der Waals surface area contributed by atoms with Crippen molar-refractivity contribution in [2.24, 2.45) is 5.73 Å². The van der Waals surface area contributed by atoms with Gasteiger partial charge in [0.2, 0.25) is 0 Å². The zero-order chi connectivity index (χ0) is 15.9. The van der Waals surface area contributed by atoms with Crippen molar-refractivity contribution in [1.82, 2.24) is 4.98 Å². The van der Waals surface area contributed by atoms with Gasteiger partial charge in [-0.05, 0) is 36.2 Å². The second-order valence-electron chi connectivity index (χ2n) is 4.84. The van der Waals surface area contributed by atoms with E-state index >= 15 is 0 Å². The average Bonchev–Trinajstić information content (AvgIpc) is 2.52. The lowest BCUT2D eigenvalue weighted by Crippen LogP contribution is -2.30. The molecule has 0 saturated heterocycles. The normalized spacial score (nSPS) is 12.2. The lowest BCUT2D eigenvalue weighted by Gasteiger charge is -2.13. The summed E-state index contributed by atoms with van der Waals surface area (Å²) in [4.78, 5) is 5.11. The highest BCUT2D eigenvalue weighted by Crippen LogP contribution is 2.29. The van der Waals surface area contributed by atoms with Crippen molar-refractivity contribution in [2.75, 3.05) is 12.4 Å². The van der Waals surface area contributed by atoms with Crippen molar-refractivity contribution < 1.29 is 4.74 Å². The van der Waals surface area contributed by atoms with Gasteiger partial charge in [0, 0.05) is 27.9 Å². The second-order valence-corrected chi connectivity index (χ2v) is 6.74. The first-order chi connectivity index (χ1) is 10.6. The molecule has 0 fully saturated rings. The SMILES string of the molecule is CCc1cncc(OC[C@@H](N)CSc2ccc(Cl)cc2Cl)c1. The molecule has 1 aromatic carbocycles. The lowest BCUT2D eigenvalue weighted by molar-refractivity contribution is 0.296. The molecule has 0 aliphatic carbocycles. The van der Waals surface area contributed by atoms with Crippen molar-refractivity contribution >= 4 is 35.0 Å².